The van der Waals surface area contributed by atoms with E-state index >= 15 is 0 Å². The zero-order valence-electron chi connectivity index (χ0n) is 16.1. The molecule has 29 heavy (non-hydrogen) atoms. The summed E-state index contributed by atoms with van der Waals surface area (Å²) in [6.07, 6.45) is 7.12. The number of allylic oxidation sites excluding steroid dienone is 2. The first kappa shape index (κ1) is 17.9. The maximum absolute atomic E-state index is 13.1. The zero-order chi connectivity index (χ0) is 20.0. The van der Waals surface area contributed by atoms with Crippen molar-refractivity contribution < 1.29 is 14.4 Å². The van der Waals surface area contributed by atoms with Crippen molar-refractivity contribution in [2.24, 2.45) is 11.8 Å². The number of anilines is 2. The fraction of sp³-hybridized carbons (Fsp3) is 0.292. The molecule has 2 aromatic rings. The van der Waals surface area contributed by atoms with Crippen LogP contribution in [0, 0.1) is 11.8 Å². The standard InChI is InChI=1S/C24H22N2O3/c27-22(25-15-5-7-16-6-1-4-10-21(16)25)17-11-13-18(14-12-17)26-23(28)19-8-2-3-9-20(19)24(26)29/h1-4,6,10-14,19-20H,5,7-9,15H2. The Morgan fingerprint density at radius 3 is 2.21 bits per heavy atom. The van der Waals surface area contributed by atoms with Crippen molar-refractivity contribution in [2.75, 3.05) is 16.3 Å². The van der Waals surface area contributed by atoms with E-state index in [2.05, 4.69) is 6.07 Å². The molecule has 146 valence electrons. The van der Waals surface area contributed by atoms with Gasteiger partial charge in [-0.3, -0.25) is 19.3 Å². The number of carbonyl (C=O) groups is 3. The largest absolute Gasteiger partial charge is 0.308 e. The average molecular weight is 386 g/mol. The van der Waals surface area contributed by atoms with Gasteiger partial charge in [-0.25, -0.2) is 0 Å². The lowest BCUT2D eigenvalue weighted by Crippen LogP contribution is -2.35. The molecular weight excluding hydrogens is 364 g/mol. The van der Waals surface area contributed by atoms with Crippen LogP contribution >= 0.6 is 0 Å². The van der Waals surface area contributed by atoms with E-state index in [0.29, 0.717) is 30.6 Å². The summed E-state index contributed by atoms with van der Waals surface area (Å²) in [5.41, 5.74) is 3.26. The second kappa shape index (κ2) is 6.99. The van der Waals surface area contributed by atoms with Gasteiger partial charge in [-0.05, 0) is 61.6 Å². The van der Waals surface area contributed by atoms with Gasteiger partial charge in [-0.2, -0.15) is 0 Å². The monoisotopic (exact) mass is 386 g/mol. The average Bonchev–Trinajstić information content (AvgIpc) is 3.03. The Morgan fingerprint density at radius 2 is 1.52 bits per heavy atom. The van der Waals surface area contributed by atoms with Gasteiger partial charge < -0.3 is 4.90 Å². The zero-order valence-corrected chi connectivity index (χ0v) is 16.1. The lowest BCUT2D eigenvalue weighted by atomic mass is 9.85. The summed E-state index contributed by atoms with van der Waals surface area (Å²) in [5.74, 6) is -0.820. The van der Waals surface area contributed by atoms with E-state index < -0.39 is 0 Å². The van der Waals surface area contributed by atoms with E-state index in [4.69, 9.17) is 0 Å². The highest BCUT2D eigenvalue weighted by Crippen LogP contribution is 2.37. The van der Waals surface area contributed by atoms with Crippen LogP contribution in [0.5, 0.6) is 0 Å². The van der Waals surface area contributed by atoms with Crippen LogP contribution in [0.4, 0.5) is 11.4 Å². The number of imide groups is 1. The second-order valence-electron chi connectivity index (χ2n) is 7.90. The molecule has 2 aliphatic heterocycles. The van der Waals surface area contributed by atoms with Crippen molar-refractivity contribution in [1.82, 2.24) is 0 Å². The Hall–Kier alpha value is -3.21. The van der Waals surface area contributed by atoms with Crippen LogP contribution in [-0.2, 0) is 16.0 Å². The number of hydrogen-bond acceptors (Lipinski definition) is 3. The number of para-hydroxylation sites is 1. The van der Waals surface area contributed by atoms with Crippen molar-refractivity contribution in [3.63, 3.8) is 0 Å². The van der Waals surface area contributed by atoms with E-state index in [0.717, 1.165) is 18.5 Å². The van der Waals surface area contributed by atoms with Gasteiger partial charge in [-0.1, -0.05) is 30.4 Å². The van der Waals surface area contributed by atoms with Crippen molar-refractivity contribution in [2.45, 2.75) is 25.7 Å². The van der Waals surface area contributed by atoms with E-state index in [9.17, 15) is 14.4 Å². The number of nitrogens with zero attached hydrogens (tertiary/aromatic N) is 2. The first-order valence-corrected chi connectivity index (χ1v) is 10.2. The molecule has 1 fully saturated rings. The van der Waals surface area contributed by atoms with Crippen molar-refractivity contribution >= 4 is 29.1 Å². The molecule has 1 saturated heterocycles. The summed E-state index contributed by atoms with van der Waals surface area (Å²) >= 11 is 0. The van der Waals surface area contributed by atoms with Gasteiger partial charge in [0.05, 0.1) is 17.5 Å². The number of fused-ring (bicyclic) bond motifs is 2. The fourth-order valence-corrected chi connectivity index (χ4v) is 4.71. The third-order valence-corrected chi connectivity index (χ3v) is 6.24. The third kappa shape index (κ3) is 2.89. The van der Waals surface area contributed by atoms with Crippen LogP contribution in [0.2, 0.25) is 0 Å². The van der Waals surface area contributed by atoms with Gasteiger partial charge in [-0.15, -0.1) is 0 Å². The van der Waals surface area contributed by atoms with Gasteiger partial charge in [0.2, 0.25) is 11.8 Å². The maximum Gasteiger partial charge on any atom is 0.258 e. The first-order chi connectivity index (χ1) is 14.1. The predicted octanol–water partition coefficient (Wildman–Crippen LogP) is 3.74. The molecule has 5 nitrogen and oxygen atoms in total. The Bertz CT molecular complexity index is 999. The molecule has 0 bridgehead atoms. The van der Waals surface area contributed by atoms with Crippen LogP contribution in [0.25, 0.3) is 0 Å². The molecule has 2 aromatic carbocycles. The van der Waals surface area contributed by atoms with Crippen LogP contribution in [0.15, 0.2) is 60.7 Å². The predicted molar refractivity (Wildman–Crippen MR) is 111 cm³/mol. The van der Waals surface area contributed by atoms with Crippen LogP contribution in [-0.4, -0.2) is 24.3 Å². The molecule has 0 aromatic heterocycles. The second-order valence-corrected chi connectivity index (χ2v) is 7.90. The highest BCUT2D eigenvalue weighted by Gasteiger charge is 2.47. The molecule has 3 aliphatic rings. The van der Waals surface area contributed by atoms with Crippen LogP contribution in [0.3, 0.4) is 0 Å². The quantitative estimate of drug-likeness (QED) is 0.584. The lowest BCUT2D eigenvalue weighted by molar-refractivity contribution is -0.122. The minimum atomic E-state index is -0.251. The third-order valence-electron chi connectivity index (χ3n) is 6.24. The molecule has 0 spiro atoms. The molecule has 2 atom stereocenters. The highest BCUT2D eigenvalue weighted by atomic mass is 16.2. The molecule has 3 amide bonds. The maximum atomic E-state index is 13.1. The lowest BCUT2D eigenvalue weighted by Gasteiger charge is -2.29. The molecule has 0 N–H and O–H groups in total. The van der Waals surface area contributed by atoms with Crippen molar-refractivity contribution in [3.8, 4) is 0 Å². The summed E-state index contributed by atoms with van der Waals surface area (Å²) in [5, 5.41) is 0. The molecule has 1 aliphatic carbocycles. The summed E-state index contributed by atoms with van der Waals surface area (Å²) in [7, 11) is 0. The molecular formula is C24H22N2O3. The molecule has 2 heterocycles. The minimum Gasteiger partial charge on any atom is -0.308 e. The summed E-state index contributed by atoms with van der Waals surface area (Å²) in [6.45, 7) is 0.692. The smallest absolute Gasteiger partial charge is 0.258 e. The van der Waals surface area contributed by atoms with E-state index in [1.807, 2.05) is 35.3 Å². The number of carbonyl (C=O) groups excluding carboxylic acids is 3. The molecule has 0 radical (unpaired) electrons. The summed E-state index contributed by atoms with van der Waals surface area (Å²) in [4.78, 5) is 41.7. The van der Waals surface area contributed by atoms with Gasteiger partial charge >= 0.3 is 0 Å². The van der Waals surface area contributed by atoms with Gasteiger partial charge in [0.1, 0.15) is 0 Å². The number of rotatable bonds is 2. The molecule has 0 saturated carbocycles. The molecule has 2 unspecified atom stereocenters. The fourth-order valence-electron chi connectivity index (χ4n) is 4.71. The SMILES string of the molecule is O=C(c1ccc(N2C(=O)C3CC=CCC3C2=O)cc1)N1CCCc2ccccc21. The number of aryl methyl sites for hydroxylation is 1. The number of benzene rings is 2. The van der Waals surface area contributed by atoms with E-state index in [-0.39, 0.29) is 29.6 Å². The van der Waals surface area contributed by atoms with E-state index in [1.165, 1.54) is 10.5 Å². The first-order valence-electron chi connectivity index (χ1n) is 10.2. The molecule has 5 heteroatoms. The van der Waals surface area contributed by atoms with Gasteiger partial charge in [0, 0.05) is 17.8 Å². The summed E-state index contributed by atoms with van der Waals surface area (Å²) < 4.78 is 0. The Labute approximate surface area is 169 Å². The summed E-state index contributed by atoms with van der Waals surface area (Å²) in [6, 6.07) is 14.9. The van der Waals surface area contributed by atoms with E-state index in [1.54, 1.807) is 24.3 Å². The topological polar surface area (TPSA) is 57.7 Å². The Kier molecular flexibility index (Phi) is 4.31. The normalized spacial score (nSPS) is 23.2. The van der Waals surface area contributed by atoms with Crippen molar-refractivity contribution in [3.05, 3.63) is 71.8 Å². The van der Waals surface area contributed by atoms with Crippen LogP contribution < -0.4 is 9.80 Å². The number of amides is 3. The minimum absolute atomic E-state index is 0.0550. The molecule has 5 rings (SSSR count). The van der Waals surface area contributed by atoms with Gasteiger partial charge in [0.15, 0.2) is 0 Å². The Balaban J connectivity index is 1.39. The Morgan fingerprint density at radius 1 is 0.862 bits per heavy atom. The van der Waals surface area contributed by atoms with Gasteiger partial charge in [0.25, 0.3) is 5.91 Å². The number of hydrogen-bond donors (Lipinski definition) is 0. The van der Waals surface area contributed by atoms with Crippen LogP contribution in [0.1, 0.15) is 35.2 Å². The highest BCUT2D eigenvalue weighted by molar-refractivity contribution is 6.22. The van der Waals surface area contributed by atoms with Crippen molar-refractivity contribution in [1.29, 1.82) is 0 Å².